The average Bonchev–Trinajstić information content (AvgIpc) is 3.28. The van der Waals surface area contributed by atoms with Crippen molar-refractivity contribution in [3.63, 3.8) is 0 Å². The van der Waals surface area contributed by atoms with Gasteiger partial charge in [-0.15, -0.1) is 0 Å². The molecule has 0 fully saturated rings. The largest absolute Gasteiger partial charge is 0.341 e. The van der Waals surface area contributed by atoms with Gasteiger partial charge in [0.2, 0.25) is 0 Å². The number of hydrogen-bond acceptors (Lipinski definition) is 4. The number of nitrogens with zero attached hydrogens (tertiary/aromatic N) is 3. The van der Waals surface area contributed by atoms with Crippen LogP contribution in [0.4, 0.5) is 8.78 Å². The molecule has 31 heavy (non-hydrogen) atoms. The van der Waals surface area contributed by atoms with Crippen LogP contribution in [-0.2, 0) is 23.4 Å². The highest BCUT2D eigenvalue weighted by atomic mass is 32.2. The van der Waals surface area contributed by atoms with Gasteiger partial charge in [0, 0.05) is 37.1 Å². The van der Waals surface area contributed by atoms with Gasteiger partial charge in [-0.3, -0.25) is 4.68 Å². The molecule has 0 bridgehead atoms. The van der Waals surface area contributed by atoms with Crippen molar-refractivity contribution in [2.45, 2.75) is 18.4 Å². The van der Waals surface area contributed by atoms with Gasteiger partial charge in [0.05, 0.1) is 34.3 Å². The second-order valence-corrected chi connectivity index (χ2v) is 9.66. The van der Waals surface area contributed by atoms with Gasteiger partial charge in [-0.1, -0.05) is 12.1 Å². The molecule has 0 atom stereocenters. The molecule has 0 radical (unpaired) electrons. The van der Waals surface area contributed by atoms with Crippen LogP contribution in [0, 0.1) is 18.6 Å². The van der Waals surface area contributed by atoms with Crippen molar-refractivity contribution in [2.24, 2.45) is 12.8 Å². The fourth-order valence-electron chi connectivity index (χ4n) is 3.71. The van der Waals surface area contributed by atoms with Crippen LogP contribution in [0.1, 0.15) is 11.1 Å². The van der Waals surface area contributed by atoms with Gasteiger partial charge in [-0.05, 0) is 36.2 Å². The standard InChI is InChI=1S/C22H22F2N4O2S/c1-14-7-19(24)22-20(8-14)28(13-21(22)31(29,30)6-5-25)12-16-4-3-15(9-18(16)23)17-10-26-27(2)11-17/h3-4,7-11,13H,5-6,12,25H2,1-2H3. The molecule has 2 aromatic carbocycles. The molecule has 2 heterocycles. The van der Waals surface area contributed by atoms with E-state index in [0.717, 1.165) is 5.56 Å². The minimum Gasteiger partial charge on any atom is -0.341 e. The monoisotopic (exact) mass is 444 g/mol. The Hall–Kier alpha value is -3.04. The Morgan fingerprint density at radius 1 is 1.06 bits per heavy atom. The van der Waals surface area contributed by atoms with Gasteiger partial charge in [0.1, 0.15) is 11.6 Å². The average molecular weight is 445 g/mol. The van der Waals surface area contributed by atoms with Gasteiger partial charge in [0.15, 0.2) is 9.84 Å². The second kappa shape index (κ2) is 7.90. The molecule has 0 saturated carbocycles. The Labute approximate surface area is 178 Å². The topological polar surface area (TPSA) is 82.9 Å². The predicted octanol–water partition coefficient (Wildman–Crippen LogP) is 3.41. The first kappa shape index (κ1) is 21.2. The SMILES string of the molecule is Cc1cc(F)c2c(S(=O)(=O)CCN)cn(Cc3ccc(-c4cnn(C)c4)cc3F)c2c1. The van der Waals surface area contributed by atoms with E-state index in [1.54, 1.807) is 53.8 Å². The van der Waals surface area contributed by atoms with Crippen molar-refractivity contribution in [3.8, 4) is 11.1 Å². The molecule has 0 aliphatic heterocycles. The summed E-state index contributed by atoms with van der Waals surface area (Å²) in [7, 11) is -2.00. The minimum atomic E-state index is -3.78. The highest BCUT2D eigenvalue weighted by Crippen LogP contribution is 2.31. The zero-order valence-corrected chi connectivity index (χ0v) is 18.0. The number of aryl methyl sites for hydroxylation is 2. The summed E-state index contributed by atoms with van der Waals surface area (Å²) in [4.78, 5) is -0.127. The Bertz CT molecular complexity index is 1390. The summed E-state index contributed by atoms with van der Waals surface area (Å²) in [5.74, 6) is -1.37. The predicted molar refractivity (Wildman–Crippen MR) is 115 cm³/mol. The van der Waals surface area contributed by atoms with E-state index in [-0.39, 0.29) is 29.1 Å². The Morgan fingerprint density at radius 3 is 2.48 bits per heavy atom. The number of benzene rings is 2. The van der Waals surface area contributed by atoms with E-state index < -0.39 is 21.5 Å². The van der Waals surface area contributed by atoms with Crippen molar-refractivity contribution in [2.75, 3.05) is 12.3 Å². The lowest BCUT2D eigenvalue weighted by Gasteiger charge is -2.09. The summed E-state index contributed by atoms with van der Waals surface area (Å²) < 4.78 is 58.2. The first-order valence-corrected chi connectivity index (χ1v) is 11.3. The first-order valence-electron chi connectivity index (χ1n) is 9.69. The van der Waals surface area contributed by atoms with Crippen LogP contribution < -0.4 is 5.73 Å². The third kappa shape index (κ3) is 3.98. The third-order valence-corrected chi connectivity index (χ3v) is 6.95. The van der Waals surface area contributed by atoms with Crippen molar-refractivity contribution in [1.82, 2.24) is 14.3 Å². The van der Waals surface area contributed by atoms with Crippen LogP contribution in [0.15, 0.2) is 53.8 Å². The van der Waals surface area contributed by atoms with Crippen LogP contribution in [0.25, 0.3) is 22.0 Å². The summed E-state index contributed by atoms with van der Waals surface area (Å²) in [6.45, 7) is 1.70. The summed E-state index contributed by atoms with van der Waals surface area (Å²) in [5.41, 5.74) is 8.29. The van der Waals surface area contributed by atoms with E-state index in [0.29, 0.717) is 22.2 Å². The van der Waals surface area contributed by atoms with Crippen molar-refractivity contribution >= 4 is 20.7 Å². The number of sulfone groups is 1. The fraction of sp³-hybridized carbons (Fsp3) is 0.227. The van der Waals surface area contributed by atoms with Crippen LogP contribution in [0.5, 0.6) is 0 Å². The maximum Gasteiger partial charge on any atom is 0.181 e. The molecule has 0 spiro atoms. The lowest BCUT2D eigenvalue weighted by molar-refractivity contribution is 0.593. The summed E-state index contributed by atoms with van der Waals surface area (Å²) >= 11 is 0. The van der Waals surface area contributed by atoms with Gasteiger partial charge in [-0.2, -0.15) is 5.10 Å². The summed E-state index contributed by atoms with van der Waals surface area (Å²) in [6.07, 6.45) is 4.80. The minimum absolute atomic E-state index is 0.00596. The maximum absolute atomic E-state index is 14.9. The zero-order chi connectivity index (χ0) is 22.3. The number of nitrogens with two attached hydrogens (primary N) is 1. The van der Waals surface area contributed by atoms with Crippen molar-refractivity contribution < 1.29 is 17.2 Å². The number of halogens is 2. The van der Waals surface area contributed by atoms with E-state index in [1.807, 2.05) is 0 Å². The van der Waals surface area contributed by atoms with E-state index in [4.69, 9.17) is 5.73 Å². The molecule has 0 aliphatic rings. The highest BCUT2D eigenvalue weighted by molar-refractivity contribution is 7.91. The molecular formula is C22H22F2N4O2S. The van der Waals surface area contributed by atoms with Crippen molar-refractivity contribution in [1.29, 1.82) is 0 Å². The molecular weight excluding hydrogens is 422 g/mol. The molecule has 4 aromatic rings. The smallest absolute Gasteiger partial charge is 0.181 e. The second-order valence-electron chi connectivity index (χ2n) is 7.58. The number of rotatable bonds is 6. The first-order chi connectivity index (χ1) is 14.7. The lowest BCUT2D eigenvalue weighted by atomic mass is 10.1. The van der Waals surface area contributed by atoms with Gasteiger partial charge in [0.25, 0.3) is 0 Å². The Morgan fingerprint density at radius 2 is 1.84 bits per heavy atom. The van der Waals surface area contributed by atoms with Crippen molar-refractivity contribution in [3.05, 3.63) is 71.7 Å². The molecule has 0 amide bonds. The molecule has 0 aliphatic carbocycles. The molecule has 9 heteroatoms. The van der Waals surface area contributed by atoms with Crippen LogP contribution in [0.3, 0.4) is 0 Å². The summed E-state index contributed by atoms with van der Waals surface area (Å²) in [5, 5.41) is 4.10. The normalized spacial score (nSPS) is 12.0. The maximum atomic E-state index is 14.9. The highest BCUT2D eigenvalue weighted by Gasteiger charge is 2.24. The number of fused-ring (bicyclic) bond motifs is 1. The van der Waals surface area contributed by atoms with E-state index in [2.05, 4.69) is 5.10 Å². The van der Waals surface area contributed by atoms with Crippen LogP contribution in [-0.4, -0.2) is 35.1 Å². The van der Waals surface area contributed by atoms with E-state index in [9.17, 15) is 17.2 Å². The Kier molecular flexibility index (Phi) is 5.40. The summed E-state index contributed by atoms with van der Waals surface area (Å²) in [6, 6.07) is 7.82. The van der Waals surface area contributed by atoms with Crippen LogP contribution >= 0.6 is 0 Å². The molecule has 2 N–H and O–H groups in total. The quantitative estimate of drug-likeness (QED) is 0.494. The van der Waals surface area contributed by atoms with Gasteiger partial charge >= 0.3 is 0 Å². The van der Waals surface area contributed by atoms with E-state index >= 15 is 0 Å². The Balaban J connectivity index is 1.80. The van der Waals surface area contributed by atoms with Crippen LogP contribution in [0.2, 0.25) is 0 Å². The third-order valence-electron chi connectivity index (χ3n) is 5.20. The molecule has 6 nitrogen and oxygen atoms in total. The van der Waals surface area contributed by atoms with Gasteiger partial charge < -0.3 is 10.3 Å². The molecule has 2 aromatic heterocycles. The molecule has 162 valence electrons. The van der Waals surface area contributed by atoms with Gasteiger partial charge in [-0.25, -0.2) is 17.2 Å². The fourth-order valence-corrected chi connectivity index (χ4v) is 5.04. The molecule has 0 unspecified atom stereocenters. The van der Waals surface area contributed by atoms with E-state index in [1.165, 1.54) is 18.3 Å². The zero-order valence-electron chi connectivity index (χ0n) is 17.1. The number of aromatic nitrogens is 3. The molecule has 0 saturated heterocycles. The molecule has 4 rings (SSSR count). The number of hydrogen-bond donors (Lipinski definition) is 1. The lowest BCUT2D eigenvalue weighted by Crippen LogP contribution is -2.15.